The van der Waals surface area contributed by atoms with Crippen molar-refractivity contribution in [1.29, 1.82) is 0 Å². The molecular formula is C34H58Br3ClN6O5. The van der Waals surface area contributed by atoms with E-state index in [1.54, 1.807) is 13.8 Å². The zero-order valence-corrected chi connectivity index (χ0v) is 35.3. The Morgan fingerprint density at radius 2 is 1.35 bits per heavy atom. The molecule has 0 bridgehead atoms. The summed E-state index contributed by atoms with van der Waals surface area (Å²) in [5, 5.41) is 16.7. The molecule has 0 amide bonds. The number of aliphatic hydroxyl groups excluding tert-OH is 2. The zero-order valence-electron chi connectivity index (χ0n) is 29.8. The maximum atomic E-state index is 11.1. The van der Waals surface area contributed by atoms with E-state index >= 15 is 0 Å². The molecule has 3 heterocycles. The van der Waals surface area contributed by atoms with Crippen molar-refractivity contribution in [2.24, 2.45) is 0 Å². The van der Waals surface area contributed by atoms with E-state index < -0.39 is 5.24 Å². The summed E-state index contributed by atoms with van der Waals surface area (Å²) in [5.74, 6) is -0.323. The van der Waals surface area contributed by atoms with Crippen LogP contribution in [0.1, 0.15) is 66.7 Å². The van der Waals surface area contributed by atoms with Crippen LogP contribution in [0.4, 0.5) is 0 Å². The van der Waals surface area contributed by atoms with Crippen LogP contribution in [-0.4, -0.2) is 65.3 Å². The van der Waals surface area contributed by atoms with Crippen LogP contribution in [0, 0.1) is 0 Å². The third-order valence-electron chi connectivity index (χ3n) is 5.78. The fraction of sp³-hybridized carbons (Fsp3) is 0.559. The molecule has 282 valence electrons. The second-order valence-electron chi connectivity index (χ2n) is 10.4. The first kappa shape index (κ1) is 53.7. The number of imidazole rings is 3. The van der Waals surface area contributed by atoms with Crippen LogP contribution in [0.2, 0.25) is 0 Å². The fourth-order valence-corrected chi connectivity index (χ4v) is 3.25. The van der Waals surface area contributed by atoms with Gasteiger partial charge in [-0.05, 0) is 44.7 Å². The molecule has 0 aliphatic rings. The monoisotopic (exact) mass is 902 g/mol. The Hall–Kier alpha value is -2.10. The molecule has 0 radical (unpaired) electrons. The van der Waals surface area contributed by atoms with Crippen LogP contribution in [0.5, 0.6) is 0 Å². The van der Waals surface area contributed by atoms with Gasteiger partial charge in [-0.1, -0.05) is 62.7 Å². The second-order valence-corrected chi connectivity index (χ2v) is 11.5. The number of aryl methyl sites for hydroxylation is 3. The third kappa shape index (κ3) is 32.8. The average Bonchev–Trinajstić information content (AvgIpc) is 3.84. The molecule has 3 aromatic rings. The Kier molecular flexibility index (Phi) is 40.7. The minimum atomic E-state index is -0.463. The van der Waals surface area contributed by atoms with E-state index in [1.807, 2.05) is 65.3 Å². The quantitative estimate of drug-likeness (QED) is 0.0644. The molecule has 2 N–H and O–H groups in total. The number of carbonyl (C=O) groups is 2. The summed E-state index contributed by atoms with van der Waals surface area (Å²) < 4.78 is 15.4. The van der Waals surface area contributed by atoms with Gasteiger partial charge in [0.1, 0.15) is 44.5 Å². The van der Waals surface area contributed by atoms with Crippen LogP contribution in [0.15, 0.2) is 80.5 Å². The third-order valence-corrected chi connectivity index (χ3v) is 6.46. The van der Waals surface area contributed by atoms with Crippen molar-refractivity contribution in [3.63, 3.8) is 0 Å². The number of alkyl halides is 1. The van der Waals surface area contributed by atoms with Gasteiger partial charge >= 0.3 is 5.97 Å². The first-order chi connectivity index (χ1) is 22.5. The van der Waals surface area contributed by atoms with Crippen LogP contribution in [-0.2, 0) is 47.0 Å². The van der Waals surface area contributed by atoms with Gasteiger partial charge < -0.3 is 53.5 Å². The topological polar surface area (TPSA) is 119 Å². The average molecular weight is 906 g/mol. The van der Waals surface area contributed by atoms with E-state index in [4.69, 9.17) is 26.6 Å². The van der Waals surface area contributed by atoms with Crippen LogP contribution in [0.25, 0.3) is 0 Å². The van der Waals surface area contributed by atoms with Crippen molar-refractivity contribution in [3.8, 4) is 0 Å². The van der Waals surface area contributed by atoms with E-state index in [1.165, 1.54) is 25.7 Å². The molecule has 0 aliphatic heterocycles. The lowest BCUT2D eigenvalue weighted by atomic mass is 10.3. The summed E-state index contributed by atoms with van der Waals surface area (Å²) in [6, 6.07) is 0. The molecule has 0 saturated heterocycles. The first-order valence-corrected chi connectivity index (χ1v) is 17.5. The molecule has 15 heteroatoms. The molecule has 0 unspecified atom stereocenters. The first-order valence-electron chi connectivity index (χ1n) is 16.0. The number of aromatic nitrogens is 6. The highest BCUT2D eigenvalue weighted by atomic mass is 79.9. The van der Waals surface area contributed by atoms with Gasteiger partial charge in [-0.25, -0.2) is 28.0 Å². The molecule has 0 aliphatic carbocycles. The Morgan fingerprint density at radius 1 is 0.816 bits per heavy atom. The van der Waals surface area contributed by atoms with Crippen LogP contribution < -0.4 is 43.1 Å². The normalized spacial score (nSPS) is 9.24. The minimum absolute atomic E-state index is 0. The van der Waals surface area contributed by atoms with Gasteiger partial charge in [0.25, 0.3) is 0 Å². The molecule has 0 spiro atoms. The molecule has 3 rings (SSSR count). The van der Waals surface area contributed by atoms with Crippen molar-refractivity contribution < 1.29 is 67.6 Å². The SMILES string of the molecule is C=C(C)C(=O)Cl.C=C(C)C(=O)OCCn1cc[n+](CCCC)c1.CCCCn1ccnc1.CCC[n+]1ccn(CCO)c1.OCCBr.[Br-].[Br-]. The summed E-state index contributed by atoms with van der Waals surface area (Å²) >= 11 is 7.87. The van der Waals surface area contributed by atoms with Gasteiger partial charge in [0.05, 0.1) is 32.6 Å². The Balaban J connectivity index is -0.000000276. The van der Waals surface area contributed by atoms with E-state index in [2.05, 4.69) is 68.5 Å². The molecule has 11 nitrogen and oxygen atoms in total. The Morgan fingerprint density at radius 3 is 1.76 bits per heavy atom. The molecular weight excluding hydrogens is 848 g/mol. The van der Waals surface area contributed by atoms with Crippen molar-refractivity contribution in [1.82, 2.24) is 18.7 Å². The van der Waals surface area contributed by atoms with Gasteiger partial charge in [-0.15, -0.1) is 0 Å². The van der Waals surface area contributed by atoms with Crippen LogP contribution >= 0.6 is 27.5 Å². The number of esters is 1. The van der Waals surface area contributed by atoms with Crippen molar-refractivity contribution in [2.75, 3.05) is 25.2 Å². The van der Waals surface area contributed by atoms with E-state index in [0.717, 1.165) is 26.1 Å². The molecule has 0 atom stereocenters. The minimum Gasteiger partial charge on any atom is -1.00 e. The highest BCUT2D eigenvalue weighted by Gasteiger charge is 2.06. The predicted molar refractivity (Wildman–Crippen MR) is 191 cm³/mol. The molecule has 3 aromatic heterocycles. The summed E-state index contributed by atoms with van der Waals surface area (Å²) in [7, 11) is 0. The predicted octanol–water partition coefficient (Wildman–Crippen LogP) is -0.734. The molecule has 0 aromatic carbocycles. The highest BCUT2D eigenvalue weighted by molar-refractivity contribution is 9.09. The van der Waals surface area contributed by atoms with E-state index in [9.17, 15) is 9.59 Å². The summed E-state index contributed by atoms with van der Waals surface area (Å²) in [6.45, 7) is 21.9. The number of hydrogen-bond acceptors (Lipinski definition) is 6. The summed E-state index contributed by atoms with van der Waals surface area (Å²) in [6.07, 6.45) is 23.8. The smallest absolute Gasteiger partial charge is 0.333 e. The summed E-state index contributed by atoms with van der Waals surface area (Å²) in [5.41, 5.74) is 0.826. The fourth-order valence-electron chi connectivity index (χ4n) is 3.25. The second kappa shape index (κ2) is 37.2. The standard InChI is InChI=1S/C13H21N2O2.C8H15N2O.C7H12N2.C4H5ClO.C2H5BrO.2BrH/c1-4-5-6-14-7-8-15(11-14)9-10-17-13(16)12(2)3;1-2-3-9-4-5-10(8-9)6-7-11;1-2-3-5-9-6-4-8-7-9;1-3(2)4(5)6;3-1-2-4;;/h7-8,11H,2,4-6,9-10H2,1,3H3;4-5,8,11H,2-3,6-7H2,1H3;4,6-7H,2-3,5H2,1H3;1H2,2H3;4H,1-2H2;2*1H/q2*+1;;;;;/p-2. The Labute approximate surface area is 328 Å². The molecule has 0 saturated carbocycles. The largest absolute Gasteiger partial charge is 1.00 e. The maximum Gasteiger partial charge on any atom is 0.333 e. The summed E-state index contributed by atoms with van der Waals surface area (Å²) in [4.78, 5) is 24.9. The van der Waals surface area contributed by atoms with Crippen LogP contribution in [0.3, 0.4) is 0 Å². The number of halogens is 4. The number of rotatable bonds is 16. The van der Waals surface area contributed by atoms with E-state index in [0.29, 0.717) is 36.2 Å². The lowest BCUT2D eigenvalue weighted by molar-refractivity contribution is -0.696. The highest BCUT2D eigenvalue weighted by Crippen LogP contribution is 1.95. The lowest BCUT2D eigenvalue weighted by Gasteiger charge is -2.01. The van der Waals surface area contributed by atoms with Gasteiger partial charge in [0.15, 0.2) is 0 Å². The van der Waals surface area contributed by atoms with Crippen molar-refractivity contribution in [2.45, 2.75) is 99.4 Å². The number of unbranched alkanes of at least 4 members (excludes halogenated alkanes) is 2. The van der Waals surface area contributed by atoms with Gasteiger partial charge in [0.2, 0.25) is 17.9 Å². The van der Waals surface area contributed by atoms with Crippen molar-refractivity contribution in [3.05, 3.63) is 80.5 Å². The number of ether oxygens (including phenoxy) is 1. The number of carbonyl (C=O) groups excluding carboxylic acids is 2. The van der Waals surface area contributed by atoms with E-state index in [-0.39, 0.29) is 53.1 Å². The number of nitrogens with zero attached hydrogens (tertiary/aromatic N) is 6. The van der Waals surface area contributed by atoms with Gasteiger partial charge in [-0.2, -0.15) is 0 Å². The van der Waals surface area contributed by atoms with Gasteiger partial charge in [-0.3, -0.25) is 4.79 Å². The molecule has 0 fully saturated rings. The van der Waals surface area contributed by atoms with Crippen molar-refractivity contribution >= 4 is 38.7 Å². The zero-order chi connectivity index (χ0) is 35.9. The number of hydrogen-bond donors (Lipinski definition) is 2. The number of aliphatic hydroxyl groups is 2. The lowest BCUT2D eigenvalue weighted by Crippen LogP contribution is -3.00. The molecule has 49 heavy (non-hydrogen) atoms. The van der Waals surface area contributed by atoms with Gasteiger partial charge in [0, 0.05) is 35.4 Å². The maximum absolute atomic E-state index is 11.1. The Bertz CT molecular complexity index is 1190. The number of allylic oxidation sites excluding steroid dienone is 1.